The second-order valence-corrected chi connectivity index (χ2v) is 4.48. The molecule has 0 radical (unpaired) electrons. The van der Waals surface area contributed by atoms with Crippen LogP contribution in [0.25, 0.3) is 0 Å². The first-order valence-electron chi connectivity index (χ1n) is 5.96. The molecule has 2 aliphatic rings. The van der Waals surface area contributed by atoms with Crippen LogP contribution in [0, 0.1) is 0 Å². The topological polar surface area (TPSA) is 52.7 Å². The van der Waals surface area contributed by atoms with E-state index in [4.69, 9.17) is 0 Å². The van der Waals surface area contributed by atoms with Crippen LogP contribution >= 0.6 is 12.4 Å². The van der Waals surface area contributed by atoms with Gasteiger partial charge in [0.2, 0.25) is 11.8 Å². The van der Waals surface area contributed by atoms with Gasteiger partial charge in [0.1, 0.15) is 0 Å². The van der Waals surface area contributed by atoms with Crippen LogP contribution in [0.1, 0.15) is 19.8 Å². The number of carbonyl (C=O) groups excluding carboxylic acids is 2. The molecule has 2 amide bonds. The minimum Gasteiger partial charge on any atom is -0.339 e. The molecule has 0 spiro atoms. The van der Waals surface area contributed by atoms with Gasteiger partial charge in [-0.15, -0.1) is 12.4 Å². The molecular formula is C11H20ClN3O2. The summed E-state index contributed by atoms with van der Waals surface area (Å²) in [7, 11) is 0. The lowest BCUT2D eigenvalue weighted by Crippen LogP contribution is -2.53. The Labute approximate surface area is 108 Å². The van der Waals surface area contributed by atoms with E-state index in [2.05, 4.69) is 5.32 Å². The molecule has 1 N–H and O–H groups in total. The fourth-order valence-electron chi connectivity index (χ4n) is 2.36. The Balaban J connectivity index is 0.00000144. The summed E-state index contributed by atoms with van der Waals surface area (Å²) in [6.07, 6.45) is 2.04. The molecule has 1 atom stereocenters. The summed E-state index contributed by atoms with van der Waals surface area (Å²) in [5.41, 5.74) is 0. The summed E-state index contributed by atoms with van der Waals surface area (Å²) in [6, 6.07) is 0.0175. The van der Waals surface area contributed by atoms with Gasteiger partial charge < -0.3 is 15.1 Å². The molecule has 2 saturated heterocycles. The van der Waals surface area contributed by atoms with Crippen molar-refractivity contribution >= 4 is 24.2 Å². The van der Waals surface area contributed by atoms with E-state index in [1.807, 2.05) is 4.90 Å². The molecule has 2 heterocycles. The van der Waals surface area contributed by atoms with Gasteiger partial charge >= 0.3 is 0 Å². The second-order valence-electron chi connectivity index (χ2n) is 4.48. The van der Waals surface area contributed by atoms with Gasteiger partial charge in [-0.1, -0.05) is 0 Å². The Morgan fingerprint density at radius 3 is 2.18 bits per heavy atom. The highest BCUT2D eigenvalue weighted by molar-refractivity contribution is 5.85. The fourth-order valence-corrected chi connectivity index (χ4v) is 2.36. The van der Waals surface area contributed by atoms with Crippen LogP contribution in [0.2, 0.25) is 0 Å². The monoisotopic (exact) mass is 261 g/mol. The van der Waals surface area contributed by atoms with Crippen molar-refractivity contribution in [2.45, 2.75) is 25.8 Å². The average molecular weight is 262 g/mol. The molecule has 6 heteroatoms. The zero-order valence-corrected chi connectivity index (χ0v) is 11.0. The highest BCUT2D eigenvalue weighted by atomic mass is 35.5. The molecular weight excluding hydrogens is 242 g/mol. The number of halogens is 1. The van der Waals surface area contributed by atoms with Gasteiger partial charge in [0, 0.05) is 33.1 Å². The highest BCUT2D eigenvalue weighted by Crippen LogP contribution is 2.10. The molecule has 0 aromatic rings. The van der Waals surface area contributed by atoms with Gasteiger partial charge in [-0.3, -0.25) is 9.59 Å². The van der Waals surface area contributed by atoms with E-state index in [1.165, 1.54) is 0 Å². The standard InChI is InChI=1S/C11H19N3O2.ClH/c1-9(15)13-5-7-14(8-6-13)11(16)10-3-2-4-12-10;/h10,12H,2-8H2,1H3;1H. The van der Waals surface area contributed by atoms with Gasteiger partial charge in [0.15, 0.2) is 0 Å². The molecule has 17 heavy (non-hydrogen) atoms. The lowest BCUT2D eigenvalue weighted by atomic mass is 10.2. The number of hydrogen-bond donors (Lipinski definition) is 1. The van der Waals surface area contributed by atoms with Crippen LogP contribution in [-0.2, 0) is 9.59 Å². The molecule has 2 rings (SSSR count). The summed E-state index contributed by atoms with van der Waals surface area (Å²) in [5, 5.41) is 3.22. The van der Waals surface area contributed by atoms with Crippen LogP contribution in [0.4, 0.5) is 0 Å². The maximum absolute atomic E-state index is 12.0. The predicted molar refractivity (Wildman–Crippen MR) is 67.1 cm³/mol. The third-order valence-electron chi connectivity index (χ3n) is 3.40. The van der Waals surface area contributed by atoms with Crippen molar-refractivity contribution < 1.29 is 9.59 Å². The first-order valence-corrected chi connectivity index (χ1v) is 5.96. The molecule has 0 aliphatic carbocycles. The smallest absolute Gasteiger partial charge is 0.239 e. The zero-order chi connectivity index (χ0) is 11.5. The summed E-state index contributed by atoms with van der Waals surface area (Å²) in [6.45, 7) is 5.23. The van der Waals surface area contributed by atoms with Crippen LogP contribution in [0.15, 0.2) is 0 Å². The van der Waals surface area contributed by atoms with Crippen molar-refractivity contribution in [2.75, 3.05) is 32.7 Å². The molecule has 98 valence electrons. The van der Waals surface area contributed by atoms with Crippen molar-refractivity contribution in [2.24, 2.45) is 0 Å². The number of carbonyl (C=O) groups is 2. The Morgan fingerprint density at radius 2 is 1.71 bits per heavy atom. The van der Waals surface area contributed by atoms with E-state index in [1.54, 1.807) is 11.8 Å². The Kier molecular flexibility index (Phi) is 5.21. The van der Waals surface area contributed by atoms with Crippen LogP contribution in [0.3, 0.4) is 0 Å². The van der Waals surface area contributed by atoms with Gasteiger partial charge in [0.25, 0.3) is 0 Å². The van der Waals surface area contributed by atoms with Crippen LogP contribution in [0.5, 0.6) is 0 Å². The highest BCUT2D eigenvalue weighted by Gasteiger charge is 2.29. The molecule has 5 nitrogen and oxygen atoms in total. The molecule has 0 aromatic heterocycles. The zero-order valence-electron chi connectivity index (χ0n) is 10.1. The van der Waals surface area contributed by atoms with Gasteiger partial charge in [-0.05, 0) is 19.4 Å². The largest absolute Gasteiger partial charge is 0.339 e. The summed E-state index contributed by atoms with van der Waals surface area (Å²) in [5.74, 6) is 0.312. The van der Waals surface area contributed by atoms with Gasteiger partial charge in [-0.2, -0.15) is 0 Å². The van der Waals surface area contributed by atoms with Crippen molar-refractivity contribution in [3.05, 3.63) is 0 Å². The Hall–Kier alpha value is -0.810. The van der Waals surface area contributed by atoms with E-state index in [0.717, 1.165) is 19.4 Å². The number of nitrogens with one attached hydrogen (secondary N) is 1. The molecule has 2 fully saturated rings. The SMILES string of the molecule is CC(=O)N1CCN(C(=O)C2CCCN2)CC1.Cl. The lowest BCUT2D eigenvalue weighted by molar-refractivity contribution is -0.139. The number of hydrogen-bond acceptors (Lipinski definition) is 3. The van der Waals surface area contributed by atoms with Gasteiger partial charge in [0.05, 0.1) is 6.04 Å². The second kappa shape index (κ2) is 6.21. The van der Waals surface area contributed by atoms with Crippen molar-refractivity contribution in [1.82, 2.24) is 15.1 Å². The maximum Gasteiger partial charge on any atom is 0.239 e. The summed E-state index contributed by atoms with van der Waals surface area (Å²) >= 11 is 0. The third kappa shape index (κ3) is 3.33. The van der Waals surface area contributed by atoms with E-state index in [9.17, 15) is 9.59 Å². The number of amides is 2. The van der Waals surface area contributed by atoms with Crippen molar-refractivity contribution in [1.29, 1.82) is 0 Å². The summed E-state index contributed by atoms with van der Waals surface area (Å²) < 4.78 is 0. The van der Waals surface area contributed by atoms with E-state index < -0.39 is 0 Å². The normalized spacial score (nSPS) is 24.4. The first-order chi connectivity index (χ1) is 7.68. The quantitative estimate of drug-likeness (QED) is 0.714. The molecule has 0 saturated carbocycles. The lowest BCUT2D eigenvalue weighted by Gasteiger charge is -2.35. The first kappa shape index (κ1) is 14.3. The van der Waals surface area contributed by atoms with Crippen LogP contribution in [-0.4, -0.2) is 60.4 Å². The maximum atomic E-state index is 12.0. The molecule has 2 aliphatic heterocycles. The Morgan fingerprint density at radius 1 is 1.12 bits per heavy atom. The minimum atomic E-state index is 0. The number of nitrogens with zero attached hydrogens (tertiary/aromatic N) is 2. The fraction of sp³-hybridized carbons (Fsp3) is 0.818. The molecule has 0 aromatic carbocycles. The van der Waals surface area contributed by atoms with E-state index >= 15 is 0 Å². The van der Waals surface area contributed by atoms with Crippen LogP contribution < -0.4 is 5.32 Å². The third-order valence-corrected chi connectivity index (χ3v) is 3.40. The Bertz CT molecular complexity index is 284. The van der Waals surface area contributed by atoms with Crippen molar-refractivity contribution in [3.63, 3.8) is 0 Å². The van der Waals surface area contributed by atoms with E-state index in [-0.39, 0.29) is 30.3 Å². The molecule has 0 bridgehead atoms. The minimum absolute atomic E-state index is 0. The number of piperazine rings is 1. The van der Waals surface area contributed by atoms with Gasteiger partial charge in [-0.25, -0.2) is 0 Å². The van der Waals surface area contributed by atoms with E-state index in [0.29, 0.717) is 26.2 Å². The summed E-state index contributed by atoms with van der Waals surface area (Å²) in [4.78, 5) is 26.9. The average Bonchev–Trinajstić information content (AvgIpc) is 2.81. The van der Waals surface area contributed by atoms with Crippen molar-refractivity contribution in [3.8, 4) is 0 Å². The number of rotatable bonds is 1. The molecule has 1 unspecified atom stereocenters. The predicted octanol–water partition coefficient (Wildman–Crippen LogP) is -0.149.